The van der Waals surface area contributed by atoms with Gasteiger partial charge in [-0.1, -0.05) is 6.07 Å². The second-order valence-electron chi connectivity index (χ2n) is 4.60. The highest BCUT2D eigenvalue weighted by Crippen LogP contribution is 2.34. The number of fused-ring (bicyclic) bond motifs is 1. The molecule has 1 heterocycles. The second kappa shape index (κ2) is 4.94. The number of hydrogen-bond acceptors (Lipinski definition) is 4. The molecule has 0 saturated heterocycles. The summed E-state index contributed by atoms with van der Waals surface area (Å²) < 4.78 is 11.0. The summed E-state index contributed by atoms with van der Waals surface area (Å²) in [6.07, 6.45) is 1.44. The standard InChI is InChI=1S/C13H19NO3/c1-13(14,5-2-6-15)10-3-4-11-12(9-10)17-8-7-16-11/h3-4,9,15H,2,5-8,14H2,1H3. The maximum absolute atomic E-state index is 8.87. The number of ether oxygens (including phenoxy) is 2. The minimum absolute atomic E-state index is 0.164. The number of nitrogens with two attached hydrogens (primary N) is 1. The third-order valence-corrected chi connectivity index (χ3v) is 3.06. The van der Waals surface area contributed by atoms with Gasteiger partial charge in [-0.3, -0.25) is 0 Å². The van der Waals surface area contributed by atoms with E-state index in [2.05, 4.69) is 0 Å². The fourth-order valence-corrected chi connectivity index (χ4v) is 1.99. The van der Waals surface area contributed by atoms with Gasteiger partial charge in [-0.05, 0) is 37.5 Å². The van der Waals surface area contributed by atoms with Crippen molar-refractivity contribution in [2.75, 3.05) is 19.8 Å². The molecular weight excluding hydrogens is 218 g/mol. The molecule has 94 valence electrons. The van der Waals surface area contributed by atoms with Crippen LogP contribution in [0.5, 0.6) is 11.5 Å². The van der Waals surface area contributed by atoms with E-state index in [9.17, 15) is 0 Å². The molecule has 0 spiro atoms. The summed E-state index contributed by atoms with van der Waals surface area (Å²) in [5.74, 6) is 1.53. The molecule has 3 N–H and O–H groups in total. The van der Waals surface area contributed by atoms with E-state index < -0.39 is 5.54 Å². The van der Waals surface area contributed by atoms with E-state index in [1.54, 1.807) is 0 Å². The monoisotopic (exact) mass is 237 g/mol. The van der Waals surface area contributed by atoms with Gasteiger partial charge in [-0.15, -0.1) is 0 Å². The predicted molar refractivity (Wildman–Crippen MR) is 65.3 cm³/mol. The number of rotatable bonds is 4. The molecule has 0 radical (unpaired) electrons. The van der Waals surface area contributed by atoms with Gasteiger partial charge in [0, 0.05) is 12.1 Å². The average Bonchev–Trinajstić information content (AvgIpc) is 2.36. The Hall–Kier alpha value is -1.26. The van der Waals surface area contributed by atoms with Gasteiger partial charge in [-0.25, -0.2) is 0 Å². The van der Waals surface area contributed by atoms with Crippen LogP contribution < -0.4 is 15.2 Å². The normalized spacial score (nSPS) is 17.6. The molecule has 0 fully saturated rings. The highest BCUT2D eigenvalue weighted by atomic mass is 16.6. The van der Waals surface area contributed by atoms with E-state index in [1.807, 2.05) is 25.1 Å². The quantitative estimate of drug-likeness (QED) is 0.831. The lowest BCUT2D eigenvalue weighted by Gasteiger charge is -2.27. The van der Waals surface area contributed by atoms with Crippen LogP contribution in [-0.4, -0.2) is 24.9 Å². The Balaban J connectivity index is 2.20. The minimum atomic E-state index is -0.446. The molecule has 0 amide bonds. The van der Waals surface area contributed by atoms with Gasteiger partial charge in [-0.2, -0.15) is 0 Å². The lowest BCUT2D eigenvalue weighted by molar-refractivity contribution is 0.171. The Morgan fingerprint density at radius 1 is 1.29 bits per heavy atom. The molecular formula is C13H19NO3. The van der Waals surface area contributed by atoms with Gasteiger partial charge in [0.25, 0.3) is 0 Å². The second-order valence-corrected chi connectivity index (χ2v) is 4.60. The van der Waals surface area contributed by atoms with Crippen molar-refractivity contribution in [2.45, 2.75) is 25.3 Å². The SMILES string of the molecule is CC(N)(CCCO)c1ccc2c(c1)OCCO2. The first-order valence-corrected chi connectivity index (χ1v) is 5.93. The summed E-state index contributed by atoms with van der Waals surface area (Å²) in [5.41, 5.74) is 6.81. The lowest BCUT2D eigenvalue weighted by atomic mass is 9.88. The Labute approximate surface area is 101 Å². The summed E-state index contributed by atoms with van der Waals surface area (Å²) in [5, 5.41) is 8.87. The Morgan fingerprint density at radius 3 is 2.71 bits per heavy atom. The summed E-state index contributed by atoms with van der Waals surface area (Å²) >= 11 is 0. The van der Waals surface area contributed by atoms with Gasteiger partial charge in [0.1, 0.15) is 13.2 Å². The fourth-order valence-electron chi connectivity index (χ4n) is 1.99. The zero-order valence-electron chi connectivity index (χ0n) is 10.1. The van der Waals surface area contributed by atoms with Crippen LogP contribution in [0.15, 0.2) is 18.2 Å². The summed E-state index contributed by atoms with van der Waals surface area (Å²) in [4.78, 5) is 0. The van der Waals surface area contributed by atoms with Crippen molar-refractivity contribution in [1.82, 2.24) is 0 Å². The zero-order chi connectivity index (χ0) is 12.3. The van der Waals surface area contributed by atoms with Crippen LogP contribution >= 0.6 is 0 Å². The lowest BCUT2D eigenvalue weighted by Crippen LogP contribution is -2.33. The zero-order valence-corrected chi connectivity index (χ0v) is 10.1. The van der Waals surface area contributed by atoms with E-state index >= 15 is 0 Å². The first-order valence-electron chi connectivity index (χ1n) is 5.93. The molecule has 4 heteroatoms. The van der Waals surface area contributed by atoms with Crippen LogP contribution in [-0.2, 0) is 5.54 Å². The van der Waals surface area contributed by atoms with E-state index in [1.165, 1.54) is 0 Å². The molecule has 2 rings (SSSR count). The maximum Gasteiger partial charge on any atom is 0.161 e. The van der Waals surface area contributed by atoms with Crippen molar-refractivity contribution in [3.8, 4) is 11.5 Å². The number of hydrogen-bond donors (Lipinski definition) is 2. The molecule has 0 saturated carbocycles. The van der Waals surface area contributed by atoms with E-state index in [0.29, 0.717) is 19.6 Å². The molecule has 1 aromatic rings. The maximum atomic E-state index is 8.87. The third kappa shape index (κ3) is 2.70. The largest absolute Gasteiger partial charge is 0.486 e. The molecule has 1 aliphatic rings. The Morgan fingerprint density at radius 2 is 2.00 bits per heavy atom. The molecule has 1 atom stereocenters. The smallest absolute Gasteiger partial charge is 0.161 e. The molecule has 4 nitrogen and oxygen atoms in total. The Kier molecular flexibility index (Phi) is 3.54. The Bertz CT molecular complexity index is 390. The highest BCUT2D eigenvalue weighted by molar-refractivity contribution is 5.45. The molecule has 0 aromatic heterocycles. The topological polar surface area (TPSA) is 64.7 Å². The van der Waals surface area contributed by atoms with Crippen LogP contribution in [0.2, 0.25) is 0 Å². The highest BCUT2D eigenvalue weighted by Gasteiger charge is 2.23. The van der Waals surface area contributed by atoms with Gasteiger partial charge in [0.2, 0.25) is 0 Å². The molecule has 1 aromatic carbocycles. The molecule has 1 unspecified atom stereocenters. The van der Waals surface area contributed by atoms with Crippen LogP contribution in [0.4, 0.5) is 0 Å². The van der Waals surface area contributed by atoms with Crippen molar-refractivity contribution in [2.24, 2.45) is 5.73 Å². The van der Waals surface area contributed by atoms with Crippen LogP contribution in [0.1, 0.15) is 25.3 Å². The van der Waals surface area contributed by atoms with Crippen molar-refractivity contribution in [3.05, 3.63) is 23.8 Å². The van der Waals surface area contributed by atoms with Crippen LogP contribution in [0, 0.1) is 0 Å². The van der Waals surface area contributed by atoms with Crippen molar-refractivity contribution in [1.29, 1.82) is 0 Å². The van der Waals surface area contributed by atoms with Crippen molar-refractivity contribution >= 4 is 0 Å². The van der Waals surface area contributed by atoms with Gasteiger partial charge >= 0.3 is 0 Å². The predicted octanol–water partition coefficient (Wildman–Crippen LogP) is 1.40. The number of benzene rings is 1. The van der Waals surface area contributed by atoms with Crippen LogP contribution in [0.25, 0.3) is 0 Å². The average molecular weight is 237 g/mol. The van der Waals surface area contributed by atoms with E-state index in [0.717, 1.165) is 23.5 Å². The summed E-state index contributed by atoms with van der Waals surface area (Å²) in [6.45, 7) is 3.30. The number of aliphatic hydroxyl groups excluding tert-OH is 1. The van der Waals surface area contributed by atoms with E-state index in [4.69, 9.17) is 20.3 Å². The number of aliphatic hydroxyl groups is 1. The molecule has 0 aliphatic carbocycles. The first kappa shape index (κ1) is 12.2. The van der Waals surface area contributed by atoms with Gasteiger partial charge in [0.15, 0.2) is 11.5 Å². The third-order valence-electron chi connectivity index (χ3n) is 3.06. The van der Waals surface area contributed by atoms with E-state index in [-0.39, 0.29) is 6.61 Å². The molecule has 17 heavy (non-hydrogen) atoms. The van der Waals surface area contributed by atoms with Crippen LogP contribution in [0.3, 0.4) is 0 Å². The fraction of sp³-hybridized carbons (Fsp3) is 0.538. The van der Waals surface area contributed by atoms with Gasteiger partial charge in [0.05, 0.1) is 0 Å². The summed E-state index contributed by atoms with van der Waals surface area (Å²) in [6, 6.07) is 5.80. The first-order chi connectivity index (χ1) is 8.13. The summed E-state index contributed by atoms with van der Waals surface area (Å²) in [7, 11) is 0. The van der Waals surface area contributed by atoms with Gasteiger partial charge < -0.3 is 20.3 Å². The molecule has 0 bridgehead atoms. The molecule has 1 aliphatic heterocycles. The minimum Gasteiger partial charge on any atom is -0.486 e. The van der Waals surface area contributed by atoms with Crippen molar-refractivity contribution in [3.63, 3.8) is 0 Å². The van der Waals surface area contributed by atoms with Crippen molar-refractivity contribution < 1.29 is 14.6 Å².